The first-order valence-electron chi connectivity index (χ1n) is 8.42. The van der Waals surface area contributed by atoms with Crippen LogP contribution in [0.5, 0.6) is 0 Å². The molecule has 3 rings (SSSR count). The van der Waals surface area contributed by atoms with Crippen LogP contribution in [0.15, 0.2) is 4.52 Å². The zero-order valence-corrected chi connectivity index (χ0v) is 13.6. The molecule has 2 heterocycles. The number of amides is 1. The summed E-state index contributed by atoms with van der Waals surface area (Å²) in [4.78, 5) is 17.1. The van der Waals surface area contributed by atoms with Gasteiger partial charge in [0.2, 0.25) is 11.8 Å². The SMILES string of the molecule is CC(C)C(NC(=O)[C@H]1CCN[C@@H](C)C1)c1nc(C2CC2)no1. The van der Waals surface area contributed by atoms with Crippen LogP contribution in [0.1, 0.15) is 70.1 Å². The average Bonchev–Trinajstić information content (AvgIpc) is 3.22. The maximum absolute atomic E-state index is 12.6. The predicted molar refractivity (Wildman–Crippen MR) is 82.2 cm³/mol. The smallest absolute Gasteiger partial charge is 0.249 e. The molecule has 1 aromatic heterocycles. The van der Waals surface area contributed by atoms with Gasteiger partial charge in [-0.2, -0.15) is 4.98 Å². The lowest BCUT2D eigenvalue weighted by atomic mass is 9.91. The standard InChI is InChI=1S/C16H26N4O2/c1-9(2)13(16-19-14(20-22-16)11-4-5-11)18-15(21)12-6-7-17-10(3)8-12/h9-13,17H,4-8H2,1-3H3,(H,18,21)/t10-,12-,13?/m0/s1. The van der Waals surface area contributed by atoms with Gasteiger partial charge in [-0.1, -0.05) is 19.0 Å². The molecular weight excluding hydrogens is 280 g/mol. The lowest BCUT2D eigenvalue weighted by molar-refractivity contribution is -0.127. The zero-order valence-electron chi connectivity index (χ0n) is 13.6. The van der Waals surface area contributed by atoms with Gasteiger partial charge in [0.05, 0.1) is 0 Å². The summed E-state index contributed by atoms with van der Waals surface area (Å²) in [5.41, 5.74) is 0. The Morgan fingerprint density at radius 1 is 1.36 bits per heavy atom. The highest BCUT2D eigenvalue weighted by molar-refractivity contribution is 5.79. The predicted octanol–water partition coefficient (Wildman–Crippen LogP) is 2.15. The summed E-state index contributed by atoms with van der Waals surface area (Å²) in [6.45, 7) is 7.16. The molecule has 1 aliphatic heterocycles. The molecule has 2 N–H and O–H groups in total. The van der Waals surface area contributed by atoms with Crippen LogP contribution in [0.4, 0.5) is 0 Å². The van der Waals surface area contributed by atoms with E-state index in [-0.39, 0.29) is 23.8 Å². The summed E-state index contributed by atoms with van der Waals surface area (Å²) in [6, 6.07) is 0.199. The molecule has 0 spiro atoms. The van der Waals surface area contributed by atoms with Crippen molar-refractivity contribution in [2.24, 2.45) is 11.8 Å². The summed E-state index contributed by atoms with van der Waals surface area (Å²) in [5, 5.41) is 10.6. The van der Waals surface area contributed by atoms with Gasteiger partial charge in [-0.05, 0) is 45.1 Å². The molecule has 6 heteroatoms. The molecule has 0 aromatic carbocycles. The van der Waals surface area contributed by atoms with E-state index in [0.717, 1.165) is 38.1 Å². The number of carbonyl (C=O) groups excluding carboxylic acids is 1. The number of nitrogens with zero attached hydrogens (tertiary/aromatic N) is 2. The molecule has 3 atom stereocenters. The largest absolute Gasteiger partial charge is 0.344 e. The molecule has 122 valence electrons. The molecule has 0 radical (unpaired) electrons. The van der Waals surface area contributed by atoms with Crippen molar-refractivity contribution in [2.75, 3.05) is 6.54 Å². The van der Waals surface area contributed by atoms with Crippen LogP contribution < -0.4 is 10.6 Å². The minimum atomic E-state index is -0.197. The first-order valence-corrected chi connectivity index (χ1v) is 8.42. The summed E-state index contributed by atoms with van der Waals surface area (Å²) in [7, 11) is 0. The second-order valence-electron chi connectivity index (χ2n) is 7.07. The van der Waals surface area contributed by atoms with E-state index in [9.17, 15) is 4.79 Å². The monoisotopic (exact) mass is 306 g/mol. The number of hydrogen-bond acceptors (Lipinski definition) is 5. The van der Waals surface area contributed by atoms with Crippen LogP contribution in [0, 0.1) is 11.8 Å². The minimum Gasteiger partial charge on any atom is -0.344 e. The van der Waals surface area contributed by atoms with Crippen molar-refractivity contribution in [3.8, 4) is 0 Å². The maximum atomic E-state index is 12.6. The molecule has 1 aromatic rings. The van der Waals surface area contributed by atoms with Crippen molar-refractivity contribution < 1.29 is 9.32 Å². The second-order valence-corrected chi connectivity index (χ2v) is 7.07. The van der Waals surface area contributed by atoms with E-state index in [0.29, 0.717) is 17.9 Å². The number of carbonyl (C=O) groups is 1. The first kappa shape index (κ1) is 15.5. The summed E-state index contributed by atoms with van der Waals surface area (Å²) >= 11 is 0. The topological polar surface area (TPSA) is 80.0 Å². The van der Waals surface area contributed by atoms with Gasteiger partial charge in [-0.25, -0.2) is 0 Å². The minimum absolute atomic E-state index is 0.0725. The molecule has 2 fully saturated rings. The fourth-order valence-electron chi connectivity index (χ4n) is 3.04. The van der Waals surface area contributed by atoms with Crippen LogP contribution in [0.25, 0.3) is 0 Å². The van der Waals surface area contributed by atoms with E-state index in [1.54, 1.807) is 0 Å². The van der Waals surface area contributed by atoms with E-state index in [1.165, 1.54) is 0 Å². The van der Waals surface area contributed by atoms with Crippen molar-refractivity contribution in [1.29, 1.82) is 0 Å². The lowest BCUT2D eigenvalue weighted by Gasteiger charge is -2.29. The van der Waals surface area contributed by atoms with Crippen LogP contribution >= 0.6 is 0 Å². The Morgan fingerprint density at radius 3 is 2.77 bits per heavy atom. The Balaban J connectivity index is 1.66. The summed E-state index contributed by atoms with van der Waals surface area (Å²) in [5.74, 6) is 2.21. The summed E-state index contributed by atoms with van der Waals surface area (Å²) < 4.78 is 5.41. The Morgan fingerprint density at radius 2 is 2.14 bits per heavy atom. The molecule has 2 aliphatic rings. The first-order chi connectivity index (χ1) is 10.5. The van der Waals surface area contributed by atoms with Crippen molar-refractivity contribution in [3.05, 3.63) is 11.7 Å². The van der Waals surface area contributed by atoms with E-state index in [4.69, 9.17) is 4.52 Å². The third-order valence-corrected chi connectivity index (χ3v) is 4.62. The number of hydrogen-bond donors (Lipinski definition) is 2. The fraction of sp³-hybridized carbons (Fsp3) is 0.812. The molecule has 22 heavy (non-hydrogen) atoms. The molecule has 1 unspecified atom stereocenters. The lowest BCUT2D eigenvalue weighted by Crippen LogP contribution is -2.44. The number of rotatable bonds is 5. The Labute approximate surface area is 131 Å². The van der Waals surface area contributed by atoms with Crippen molar-refractivity contribution in [3.63, 3.8) is 0 Å². The average molecular weight is 306 g/mol. The molecule has 1 amide bonds. The molecule has 0 bridgehead atoms. The van der Waals surface area contributed by atoms with E-state index in [2.05, 4.69) is 41.5 Å². The number of piperidine rings is 1. The molecular formula is C16H26N4O2. The van der Waals surface area contributed by atoms with Gasteiger partial charge in [0.25, 0.3) is 0 Å². The Hall–Kier alpha value is -1.43. The van der Waals surface area contributed by atoms with Gasteiger partial charge in [0, 0.05) is 17.9 Å². The second kappa shape index (κ2) is 6.36. The highest BCUT2D eigenvalue weighted by Gasteiger charge is 2.33. The molecule has 1 aliphatic carbocycles. The Kier molecular flexibility index (Phi) is 4.47. The van der Waals surface area contributed by atoms with Crippen LogP contribution in [-0.2, 0) is 4.79 Å². The van der Waals surface area contributed by atoms with Gasteiger partial charge in [-0.3, -0.25) is 4.79 Å². The molecule has 1 saturated carbocycles. The van der Waals surface area contributed by atoms with E-state index in [1.807, 2.05) is 0 Å². The van der Waals surface area contributed by atoms with Gasteiger partial charge >= 0.3 is 0 Å². The number of aromatic nitrogens is 2. The normalized spacial score (nSPS) is 26.9. The quantitative estimate of drug-likeness (QED) is 0.871. The van der Waals surface area contributed by atoms with Crippen LogP contribution in [0.2, 0.25) is 0 Å². The third-order valence-electron chi connectivity index (χ3n) is 4.62. The zero-order chi connectivity index (χ0) is 15.7. The molecule has 6 nitrogen and oxygen atoms in total. The van der Waals surface area contributed by atoms with Gasteiger partial charge in [0.1, 0.15) is 6.04 Å². The van der Waals surface area contributed by atoms with Crippen molar-refractivity contribution in [1.82, 2.24) is 20.8 Å². The highest BCUT2D eigenvalue weighted by atomic mass is 16.5. The third kappa shape index (κ3) is 3.48. The maximum Gasteiger partial charge on any atom is 0.249 e. The summed E-state index contributed by atoms with van der Waals surface area (Å²) in [6.07, 6.45) is 4.06. The Bertz CT molecular complexity index is 524. The van der Waals surface area contributed by atoms with E-state index < -0.39 is 0 Å². The van der Waals surface area contributed by atoms with Crippen LogP contribution in [-0.4, -0.2) is 28.6 Å². The number of nitrogens with one attached hydrogen (secondary N) is 2. The van der Waals surface area contributed by atoms with E-state index >= 15 is 0 Å². The fourth-order valence-corrected chi connectivity index (χ4v) is 3.04. The van der Waals surface area contributed by atoms with Gasteiger partial charge in [0.15, 0.2) is 5.82 Å². The van der Waals surface area contributed by atoms with Crippen molar-refractivity contribution >= 4 is 5.91 Å². The molecule has 1 saturated heterocycles. The van der Waals surface area contributed by atoms with Gasteiger partial charge < -0.3 is 15.2 Å². The van der Waals surface area contributed by atoms with Crippen LogP contribution in [0.3, 0.4) is 0 Å². The van der Waals surface area contributed by atoms with Crippen molar-refractivity contribution in [2.45, 2.75) is 64.5 Å². The van der Waals surface area contributed by atoms with Gasteiger partial charge in [-0.15, -0.1) is 0 Å². The highest BCUT2D eigenvalue weighted by Crippen LogP contribution is 2.38.